The van der Waals surface area contributed by atoms with Crippen LogP contribution in [-0.2, 0) is 9.36 Å². The molecule has 78 valence electrons. The summed E-state index contributed by atoms with van der Waals surface area (Å²) in [7, 11) is -4.18. The van der Waals surface area contributed by atoms with Crippen molar-refractivity contribution in [3.05, 3.63) is 0 Å². The molecule has 13 heavy (non-hydrogen) atoms. The second kappa shape index (κ2) is 5.62. The van der Waals surface area contributed by atoms with Gasteiger partial charge in [0, 0.05) is 0 Å². The monoisotopic (exact) mass is 228 g/mol. The third-order valence-electron chi connectivity index (χ3n) is 1.24. The van der Waals surface area contributed by atoms with Crippen molar-refractivity contribution in [3.8, 4) is 0 Å². The molecule has 0 aromatic heterocycles. The Kier molecular flexibility index (Phi) is 5.59. The topological polar surface area (TPSA) is 113 Å². The Morgan fingerprint density at radius 2 is 2.15 bits per heavy atom. The van der Waals surface area contributed by atoms with Gasteiger partial charge >= 0.3 is 7.60 Å². The predicted octanol–water partition coefficient (Wildman–Crippen LogP) is -1.12. The molecule has 0 spiro atoms. The number of carbonyl (C=O) groups excluding carboxylic acids is 1. The van der Waals surface area contributed by atoms with E-state index < -0.39 is 25.8 Å². The van der Waals surface area contributed by atoms with Gasteiger partial charge in [-0.25, -0.2) is 0 Å². The maximum atomic E-state index is 11.0. The lowest BCUT2D eigenvalue weighted by Crippen LogP contribution is -2.41. The lowest BCUT2D eigenvalue weighted by molar-refractivity contribution is -0.122. The first-order valence-electron chi connectivity index (χ1n) is 3.55. The van der Waals surface area contributed by atoms with E-state index in [0.717, 1.165) is 0 Å². The highest BCUT2D eigenvalue weighted by molar-refractivity contribution is 7.80. The zero-order valence-corrected chi connectivity index (χ0v) is 8.67. The molecule has 0 heterocycles. The molecule has 1 amide bonds. The molecular weight excluding hydrogens is 215 g/mol. The van der Waals surface area contributed by atoms with E-state index in [4.69, 9.17) is 15.5 Å². The molecule has 8 heteroatoms. The van der Waals surface area contributed by atoms with Crippen LogP contribution in [-0.4, -0.2) is 33.8 Å². The number of hydrogen-bond acceptors (Lipinski definition) is 4. The highest BCUT2D eigenvalue weighted by Gasteiger charge is 2.17. The van der Waals surface area contributed by atoms with Crippen LogP contribution >= 0.6 is 20.2 Å². The average molecular weight is 228 g/mol. The number of amides is 1. The summed E-state index contributed by atoms with van der Waals surface area (Å²) in [5.41, 5.74) is 5.34. The second-order valence-electron chi connectivity index (χ2n) is 2.48. The van der Waals surface area contributed by atoms with Crippen LogP contribution in [0.2, 0.25) is 0 Å². The molecule has 0 bridgehead atoms. The molecule has 6 nitrogen and oxygen atoms in total. The highest BCUT2D eigenvalue weighted by Crippen LogP contribution is 2.31. The Labute approximate surface area is 81.5 Å². The lowest BCUT2D eigenvalue weighted by Gasteiger charge is -2.11. The smallest absolute Gasteiger partial charge is 0.343 e. The molecule has 0 radical (unpaired) electrons. The van der Waals surface area contributed by atoms with Gasteiger partial charge in [-0.3, -0.25) is 9.36 Å². The van der Waals surface area contributed by atoms with E-state index in [1.165, 1.54) is 0 Å². The van der Waals surface area contributed by atoms with Crippen LogP contribution in [0.4, 0.5) is 0 Å². The lowest BCUT2D eigenvalue weighted by atomic mass is 10.2. The van der Waals surface area contributed by atoms with E-state index in [9.17, 15) is 9.36 Å². The first-order chi connectivity index (χ1) is 5.87. The maximum Gasteiger partial charge on any atom is 0.344 e. The summed E-state index contributed by atoms with van der Waals surface area (Å²) in [5, 5.41) is 2.05. The minimum Gasteiger partial charge on any atom is -0.343 e. The van der Waals surface area contributed by atoms with Gasteiger partial charge in [-0.2, -0.15) is 12.6 Å². The largest absolute Gasteiger partial charge is 0.344 e. The van der Waals surface area contributed by atoms with Crippen LogP contribution in [0, 0.1) is 0 Å². The molecule has 0 unspecified atom stereocenters. The first-order valence-corrected chi connectivity index (χ1v) is 5.98. The number of nitrogens with two attached hydrogens (primary N) is 1. The van der Waals surface area contributed by atoms with Crippen LogP contribution in [0.15, 0.2) is 0 Å². The van der Waals surface area contributed by atoms with Crippen molar-refractivity contribution in [2.24, 2.45) is 5.73 Å². The predicted molar refractivity (Wildman–Crippen MR) is 51.5 cm³/mol. The fraction of sp³-hybridized carbons (Fsp3) is 0.800. The standard InChI is InChI=1S/C5H13N2O4PS/c6-4(1-2-13)5(8)7-3-12(9,10)11/h4,13H,1-3,6H2,(H,7,8)(H2,9,10,11)/t4-/m0/s1. The molecule has 0 aliphatic carbocycles. The SMILES string of the molecule is N[C@@H](CCS)C(=O)NCP(=O)(O)O. The Morgan fingerprint density at radius 3 is 2.54 bits per heavy atom. The van der Waals surface area contributed by atoms with Crippen LogP contribution < -0.4 is 11.1 Å². The van der Waals surface area contributed by atoms with E-state index in [2.05, 4.69) is 12.6 Å². The molecular formula is C5H13N2O4PS. The molecule has 0 saturated carbocycles. The van der Waals surface area contributed by atoms with Crippen LogP contribution in [0.25, 0.3) is 0 Å². The van der Waals surface area contributed by atoms with Crippen molar-refractivity contribution < 1.29 is 19.1 Å². The van der Waals surface area contributed by atoms with Gasteiger partial charge in [0.25, 0.3) is 0 Å². The second-order valence-corrected chi connectivity index (χ2v) is 4.58. The van der Waals surface area contributed by atoms with E-state index in [1.807, 2.05) is 5.32 Å². The van der Waals surface area contributed by atoms with Gasteiger partial charge in [-0.15, -0.1) is 0 Å². The van der Waals surface area contributed by atoms with Crippen molar-refractivity contribution in [2.45, 2.75) is 12.5 Å². The summed E-state index contributed by atoms with van der Waals surface area (Å²) >= 11 is 3.87. The van der Waals surface area contributed by atoms with Crippen molar-refractivity contribution >= 4 is 26.1 Å². The van der Waals surface area contributed by atoms with Gasteiger partial charge in [0.1, 0.15) is 6.29 Å². The number of thiol groups is 1. The molecule has 1 atom stereocenters. The fourth-order valence-corrected chi connectivity index (χ4v) is 1.22. The van der Waals surface area contributed by atoms with E-state index in [0.29, 0.717) is 12.2 Å². The quantitative estimate of drug-likeness (QED) is 0.302. The fourth-order valence-electron chi connectivity index (χ4n) is 0.582. The summed E-state index contributed by atoms with van der Waals surface area (Å²) in [6.45, 7) is 0. The van der Waals surface area contributed by atoms with Gasteiger partial charge in [0.2, 0.25) is 5.91 Å². The molecule has 5 N–H and O–H groups in total. The number of rotatable bonds is 5. The molecule has 0 rings (SSSR count). The molecule has 0 aromatic carbocycles. The summed E-state index contributed by atoms with van der Waals surface area (Å²) in [6.07, 6.45) is -0.303. The van der Waals surface area contributed by atoms with Crippen LogP contribution in [0.5, 0.6) is 0 Å². The van der Waals surface area contributed by atoms with E-state index >= 15 is 0 Å². The Balaban J connectivity index is 3.81. The third-order valence-corrected chi connectivity index (χ3v) is 2.06. The zero-order valence-electron chi connectivity index (χ0n) is 6.88. The Hall–Kier alpha value is -0.0700. The third kappa shape index (κ3) is 7.04. The summed E-state index contributed by atoms with van der Waals surface area (Å²) < 4.78 is 10.3. The summed E-state index contributed by atoms with van der Waals surface area (Å²) in [5.74, 6) is -0.123. The van der Waals surface area contributed by atoms with Crippen LogP contribution in [0.1, 0.15) is 6.42 Å². The first kappa shape index (κ1) is 12.9. The molecule has 0 saturated heterocycles. The van der Waals surface area contributed by atoms with Crippen molar-refractivity contribution in [3.63, 3.8) is 0 Å². The van der Waals surface area contributed by atoms with Crippen LogP contribution in [0.3, 0.4) is 0 Å². The zero-order chi connectivity index (χ0) is 10.5. The van der Waals surface area contributed by atoms with Crippen molar-refractivity contribution in [1.29, 1.82) is 0 Å². The Bertz CT molecular complexity index is 219. The van der Waals surface area contributed by atoms with Gasteiger partial charge in [-0.1, -0.05) is 0 Å². The summed E-state index contributed by atoms with van der Waals surface area (Å²) in [4.78, 5) is 27.8. The number of hydrogen-bond donors (Lipinski definition) is 5. The Morgan fingerprint density at radius 1 is 1.62 bits per heavy atom. The van der Waals surface area contributed by atoms with Gasteiger partial charge < -0.3 is 20.8 Å². The minimum atomic E-state index is -4.18. The normalized spacial score (nSPS) is 13.8. The average Bonchev–Trinajstić information content (AvgIpc) is 1.99. The summed E-state index contributed by atoms with van der Waals surface area (Å²) in [6, 6.07) is -0.760. The van der Waals surface area contributed by atoms with Crippen molar-refractivity contribution in [1.82, 2.24) is 5.32 Å². The molecule has 0 aromatic rings. The van der Waals surface area contributed by atoms with Gasteiger partial charge in [0.15, 0.2) is 0 Å². The highest BCUT2D eigenvalue weighted by atomic mass is 32.1. The van der Waals surface area contributed by atoms with E-state index in [1.54, 1.807) is 0 Å². The number of carbonyl (C=O) groups is 1. The minimum absolute atomic E-state index is 0.371. The van der Waals surface area contributed by atoms with Gasteiger partial charge in [-0.05, 0) is 12.2 Å². The number of nitrogens with one attached hydrogen (secondary N) is 1. The molecule has 0 fully saturated rings. The van der Waals surface area contributed by atoms with Crippen molar-refractivity contribution in [2.75, 3.05) is 12.0 Å². The van der Waals surface area contributed by atoms with Gasteiger partial charge in [0.05, 0.1) is 6.04 Å². The molecule has 0 aliphatic heterocycles. The van der Waals surface area contributed by atoms with E-state index in [-0.39, 0.29) is 0 Å². The maximum absolute atomic E-state index is 11.0. The molecule has 0 aliphatic rings.